The van der Waals surface area contributed by atoms with Crippen LogP contribution in [-0.4, -0.2) is 33.4 Å². The highest BCUT2D eigenvalue weighted by Crippen LogP contribution is 2.19. The fourth-order valence-corrected chi connectivity index (χ4v) is 2.51. The van der Waals surface area contributed by atoms with Crippen LogP contribution in [0.1, 0.15) is 32.6 Å². The third-order valence-electron chi connectivity index (χ3n) is 3.03. The zero-order valence-corrected chi connectivity index (χ0v) is 13.6. The standard InChI is InChI=1S/C15H26O3Si/c1-13(12-16)14(8-7-11-19(2,3)4)18-15-9-5-6-10-17-15/h12-15H,5-6,8-10H2,1-4H3/t13-,14-,15?/m1/s1. The van der Waals surface area contributed by atoms with Crippen LogP contribution < -0.4 is 0 Å². The van der Waals surface area contributed by atoms with Gasteiger partial charge in [0.05, 0.1) is 6.10 Å². The monoisotopic (exact) mass is 282 g/mol. The zero-order valence-electron chi connectivity index (χ0n) is 12.6. The first-order valence-corrected chi connectivity index (χ1v) is 10.6. The molecule has 1 saturated heterocycles. The molecular weight excluding hydrogens is 256 g/mol. The van der Waals surface area contributed by atoms with Gasteiger partial charge in [0.1, 0.15) is 14.4 Å². The molecular formula is C15H26O3Si. The second-order valence-electron chi connectivity index (χ2n) is 6.22. The van der Waals surface area contributed by atoms with Crippen LogP contribution in [0.25, 0.3) is 0 Å². The summed E-state index contributed by atoms with van der Waals surface area (Å²) in [5.41, 5.74) is 3.32. The molecule has 1 aliphatic heterocycles. The number of carbonyl (C=O) groups is 1. The predicted octanol–water partition coefficient (Wildman–Crippen LogP) is 3.00. The van der Waals surface area contributed by atoms with E-state index in [1.807, 2.05) is 6.92 Å². The van der Waals surface area contributed by atoms with Crippen molar-refractivity contribution in [2.24, 2.45) is 5.92 Å². The molecule has 0 N–H and O–H groups in total. The Morgan fingerprint density at radius 1 is 1.42 bits per heavy atom. The first-order chi connectivity index (χ1) is 8.92. The van der Waals surface area contributed by atoms with E-state index in [1.54, 1.807) is 0 Å². The van der Waals surface area contributed by atoms with Gasteiger partial charge in [-0.15, -0.1) is 11.5 Å². The SMILES string of the molecule is C[C@H](C=O)[C@@H](CC#C[Si](C)(C)C)OC1CCCCO1. The van der Waals surface area contributed by atoms with E-state index in [1.165, 1.54) is 0 Å². The van der Waals surface area contributed by atoms with E-state index in [0.29, 0.717) is 6.42 Å². The van der Waals surface area contributed by atoms with Gasteiger partial charge in [0.25, 0.3) is 0 Å². The van der Waals surface area contributed by atoms with E-state index in [-0.39, 0.29) is 18.3 Å². The molecule has 1 aliphatic rings. The van der Waals surface area contributed by atoms with Crippen molar-refractivity contribution < 1.29 is 14.3 Å². The molecule has 0 aromatic carbocycles. The lowest BCUT2D eigenvalue weighted by Crippen LogP contribution is -2.32. The van der Waals surface area contributed by atoms with Crippen LogP contribution in [0.5, 0.6) is 0 Å². The number of carbonyl (C=O) groups excluding carboxylic acids is 1. The summed E-state index contributed by atoms with van der Waals surface area (Å²) in [6.07, 6.45) is 4.41. The second-order valence-corrected chi connectivity index (χ2v) is 11.0. The summed E-state index contributed by atoms with van der Waals surface area (Å²) in [5.74, 6) is 3.06. The summed E-state index contributed by atoms with van der Waals surface area (Å²) in [5, 5.41) is 0. The normalized spacial score (nSPS) is 23.1. The molecule has 0 aromatic rings. The second kappa shape index (κ2) is 7.84. The van der Waals surface area contributed by atoms with E-state index in [4.69, 9.17) is 9.47 Å². The molecule has 0 aliphatic carbocycles. The van der Waals surface area contributed by atoms with Gasteiger partial charge in [-0.25, -0.2) is 0 Å². The van der Waals surface area contributed by atoms with Crippen molar-refractivity contribution in [3.63, 3.8) is 0 Å². The van der Waals surface area contributed by atoms with Crippen LogP contribution in [0, 0.1) is 17.4 Å². The molecule has 19 heavy (non-hydrogen) atoms. The van der Waals surface area contributed by atoms with Gasteiger partial charge < -0.3 is 14.3 Å². The van der Waals surface area contributed by atoms with Crippen LogP contribution in [0.4, 0.5) is 0 Å². The highest BCUT2D eigenvalue weighted by Gasteiger charge is 2.23. The van der Waals surface area contributed by atoms with Crippen molar-refractivity contribution in [1.29, 1.82) is 0 Å². The van der Waals surface area contributed by atoms with Crippen molar-refractivity contribution in [2.45, 2.75) is 64.6 Å². The van der Waals surface area contributed by atoms with Gasteiger partial charge in [-0.1, -0.05) is 26.6 Å². The molecule has 0 aromatic heterocycles. The van der Waals surface area contributed by atoms with Gasteiger partial charge in [-0.2, -0.15) is 0 Å². The van der Waals surface area contributed by atoms with Crippen molar-refractivity contribution in [3.8, 4) is 11.5 Å². The van der Waals surface area contributed by atoms with Gasteiger partial charge in [0, 0.05) is 18.9 Å². The van der Waals surface area contributed by atoms with Gasteiger partial charge >= 0.3 is 0 Å². The average Bonchev–Trinajstić information content (AvgIpc) is 2.36. The summed E-state index contributed by atoms with van der Waals surface area (Å²) in [6, 6.07) is 0. The van der Waals surface area contributed by atoms with E-state index in [9.17, 15) is 4.79 Å². The Labute approximate surface area is 118 Å². The molecule has 0 bridgehead atoms. The summed E-state index contributed by atoms with van der Waals surface area (Å²) in [4.78, 5) is 11.0. The van der Waals surface area contributed by atoms with Gasteiger partial charge in [-0.05, 0) is 19.3 Å². The topological polar surface area (TPSA) is 35.5 Å². The van der Waals surface area contributed by atoms with Crippen molar-refractivity contribution in [1.82, 2.24) is 0 Å². The molecule has 3 atom stereocenters. The summed E-state index contributed by atoms with van der Waals surface area (Å²) in [6.45, 7) is 9.28. The third-order valence-corrected chi connectivity index (χ3v) is 3.96. The maximum atomic E-state index is 11.0. The Morgan fingerprint density at radius 2 is 2.16 bits per heavy atom. The fraction of sp³-hybridized carbons (Fsp3) is 0.800. The quantitative estimate of drug-likeness (QED) is 0.442. The molecule has 0 saturated carbocycles. The summed E-state index contributed by atoms with van der Waals surface area (Å²) >= 11 is 0. The molecule has 1 unspecified atom stereocenters. The third kappa shape index (κ3) is 6.91. The van der Waals surface area contributed by atoms with E-state index >= 15 is 0 Å². The van der Waals surface area contributed by atoms with E-state index in [2.05, 4.69) is 31.1 Å². The molecule has 1 rings (SSSR count). The molecule has 1 fully saturated rings. The van der Waals surface area contributed by atoms with Crippen LogP contribution >= 0.6 is 0 Å². The Morgan fingerprint density at radius 3 is 2.68 bits per heavy atom. The predicted molar refractivity (Wildman–Crippen MR) is 79.4 cm³/mol. The molecule has 3 nitrogen and oxygen atoms in total. The number of hydrogen-bond donors (Lipinski definition) is 0. The van der Waals surface area contributed by atoms with Crippen LogP contribution in [0.2, 0.25) is 19.6 Å². The largest absolute Gasteiger partial charge is 0.353 e. The number of rotatable bonds is 5. The molecule has 4 heteroatoms. The lowest BCUT2D eigenvalue weighted by molar-refractivity contribution is -0.194. The molecule has 0 amide bonds. The molecule has 1 heterocycles. The molecule has 108 valence electrons. The number of ether oxygens (including phenoxy) is 2. The maximum Gasteiger partial charge on any atom is 0.158 e. The van der Waals surface area contributed by atoms with Crippen LogP contribution in [0.15, 0.2) is 0 Å². The minimum Gasteiger partial charge on any atom is -0.353 e. The lowest BCUT2D eigenvalue weighted by Gasteiger charge is -2.28. The zero-order chi connectivity index (χ0) is 14.3. The number of hydrogen-bond acceptors (Lipinski definition) is 3. The Hall–Kier alpha value is -0.633. The highest BCUT2D eigenvalue weighted by molar-refractivity contribution is 6.83. The van der Waals surface area contributed by atoms with Crippen LogP contribution in [0.3, 0.4) is 0 Å². The maximum absolute atomic E-state index is 11.0. The smallest absolute Gasteiger partial charge is 0.158 e. The van der Waals surface area contributed by atoms with E-state index < -0.39 is 8.07 Å². The molecule has 0 radical (unpaired) electrons. The first kappa shape index (κ1) is 16.4. The Kier molecular flexibility index (Phi) is 6.77. The highest BCUT2D eigenvalue weighted by atomic mass is 28.3. The van der Waals surface area contributed by atoms with Crippen molar-refractivity contribution in [3.05, 3.63) is 0 Å². The Bertz CT molecular complexity index is 332. The fourth-order valence-electron chi connectivity index (χ4n) is 1.88. The summed E-state index contributed by atoms with van der Waals surface area (Å²) in [7, 11) is -1.36. The van der Waals surface area contributed by atoms with Crippen molar-refractivity contribution >= 4 is 14.4 Å². The van der Waals surface area contributed by atoms with E-state index in [0.717, 1.165) is 32.2 Å². The first-order valence-electron chi connectivity index (χ1n) is 7.15. The average molecular weight is 282 g/mol. The minimum absolute atomic E-state index is 0.138. The summed E-state index contributed by atoms with van der Waals surface area (Å²) < 4.78 is 11.5. The van der Waals surface area contributed by atoms with Crippen molar-refractivity contribution in [2.75, 3.05) is 6.61 Å². The van der Waals surface area contributed by atoms with Gasteiger partial charge in [0.2, 0.25) is 0 Å². The lowest BCUT2D eigenvalue weighted by atomic mass is 10.0. The Balaban J connectivity index is 2.55. The molecule has 0 spiro atoms. The van der Waals surface area contributed by atoms with Crippen LogP contribution in [-0.2, 0) is 14.3 Å². The van der Waals surface area contributed by atoms with Gasteiger partial charge in [-0.3, -0.25) is 0 Å². The minimum atomic E-state index is -1.36. The van der Waals surface area contributed by atoms with Gasteiger partial charge in [0.15, 0.2) is 6.29 Å². The number of aldehydes is 1.